The number of hydrogen-bond acceptors (Lipinski definition) is 6. The predicted octanol–water partition coefficient (Wildman–Crippen LogP) is 1.02. The lowest BCUT2D eigenvalue weighted by Crippen LogP contribution is -2.32. The van der Waals surface area contributed by atoms with E-state index in [-0.39, 0.29) is 24.3 Å². The van der Waals surface area contributed by atoms with Crippen molar-refractivity contribution >= 4 is 17.1 Å². The van der Waals surface area contributed by atoms with Crippen LogP contribution in [0.25, 0.3) is 11.2 Å². The van der Waals surface area contributed by atoms with E-state index in [1.165, 1.54) is 4.57 Å². The van der Waals surface area contributed by atoms with E-state index >= 15 is 0 Å². The highest BCUT2D eigenvalue weighted by molar-refractivity contribution is 5.74. The van der Waals surface area contributed by atoms with Gasteiger partial charge in [-0.2, -0.15) is 4.98 Å². The quantitative estimate of drug-likeness (QED) is 0.584. The van der Waals surface area contributed by atoms with Crippen LogP contribution in [0.2, 0.25) is 0 Å². The molecule has 0 unspecified atom stereocenters. The van der Waals surface area contributed by atoms with Crippen molar-refractivity contribution in [2.45, 2.75) is 33.4 Å². The van der Waals surface area contributed by atoms with Crippen molar-refractivity contribution in [1.82, 2.24) is 19.1 Å². The Morgan fingerprint density at radius 2 is 1.93 bits per heavy atom. The molecule has 0 aliphatic heterocycles. The molecule has 0 radical (unpaired) electrons. The minimum absolute atomic E-state index is 0.0614. The molecule has 29 heavy (non-hydrogen) atoms. The maximum Gasteiger partial charge on any atom is 0.329 e. The molecule has 0 aliphatic carbocycles. The van der Waals surface area contributed by atoms with Gasteiger partial charge in [0.25, 0.3) is 5.56 Å². The van der Waals surface area contributed by atoms with Crippen LogP contribution in [0.3, 0.4) is 0 Å². The van der Waals surface area contributed by atoms with Crippen molar-refractivity contribution in [3.05, 3.63) is 50.7 Å². The zero-order chi connectivity index (χ0) is 21.1. The Morgan fingerprint density at radius 1 is 1.24 bits per heavy atom. The number of aliphatic hydroxyl groups excluding tert-OH is 1. The second-order valence-electron chi connectivity index (χ2n) is 6.92. The number of nitrogens with zero attached hydrogens (tertiary/aromatic N) is 4. The van der Waals surface area contributed by atoms with Gasteiger partial charge < -0.3 is 19.3 Å². The molecule has 156 valence electrons. The van der Waals surface area contributed by atoms with Gasteiger partial charge in [0.05, 0.1) is 6.54 Å². The van der Waals surface area contributed by atoms with E-state index in [2.05, 4.69) is 9.97 Å². The molecule has 9 heteroatoms. The van der Waals surface area contributed by atoms with Crippen molar-refractivity contribution < 1.29 is 9.84 Å². The van der Waals surface area contributed by atoms with Crippen LogP contribution in [-0.4, -0.2) is 50.0 Å². The van der Waals surface area contributed by atoms with Crippen LogP contribution in [-0.2, 0) is 13.6 Å². The molecule has 2 N–H and O–H groups in total. The molecular formula is C20H27N5O4. The molecule has 3 aromatic rings. The van der Waals surface area contributed by atoms with Crippen molar-refractivity contribution in [1.29, 1.82) is 0 Å². The first-order chi connectivity index (χ1) is 13.9. The molecule has 0 bridgehead atoms. The molecule has 9 nitrogen and oxygen atoms in total. The highest BCUT2D eigenvalue weighted by Gasteiger charge is 2.22. The maximum absolute atomic E-state index is 12.5. The van der Waals surface area contributed by atoms with E-state index in [4.69, 9.17) is 4.74 Å². The third-order valence-electron chi connectivity index (χ3n) is 4.95. The monoisotopic (exact) mass is 401 g/mol. The highest BCUT2D eigenvalue weighted by atomic mass is 16.5. The van der Waals surface area contributed by atoms with Gasteiger partial charge in [-0.15, -0.1) is 0 Å². The van der Waals surface area contributed by atoms with Gasteiger partial charge in [-0.1, -0.05) is 18.2 Å². The largest absolute Gasteiger partial charge is 0.491 e. The number of para-hydroxylation sites is 1. The summed E-state index contributed by atoms with van der Waals surface area (Å²) in [5.74, 6) is 1.23. The smallest absolute Gasteiger partial charge is 0.329 e. The van der Waals surface area contributed by atoms with Gasteiger partial charge in [0.15, 0.2) is 11.2 Å². The predicted molar refractivity (Wildman–Crippen MR) is 112 cm³/mol. The van der Waals surface area contributed by atoms with Crippen LogP contribution >= 0.6 is 0 Å². The number of aromatic amines is 1. The summed E-state index contributed by atoms with van der Waals surface area (Å²) in [5, 5.41) is 10.6. The molecule has 0 saturated heterocycles. The Bertz CT molecular complexity index is 1110. The van der Waals surface area contributed by atoms with Gasteiger partial charge in [0.1, 0.15) is 18.5 Å². The number of H-pyrrole nitrogens is 1. The second-order valence-corrected chi connectivity index (χ2v) is 6.92. The number of benzene rings is 1. The second kappa shape index (κ2) is 8.52. The van der Waals surface area contributed by atoms with Crippen molar-refractivity contribution in [3.8, 4) is 5.75 Å². The molecule has 2 aromatic heterocycles. The Hall–Kier alpha value is -3.07. The summed E-state index contributed by atoms with van der Waals surface area (Å²) in [6.45, 7) is 7.40. The molecule has 0 saturated carbocycles. The lowest BCUT2D eigenvalue weighted by molar-refractivity contribution is 0.0933. The lowest BCUT2D eigenvalue weighted by atomic mass is 10.2. The average Bonchev–Trinajstić information content (AvgIpc) is 3.06. The summed E-state index contributed by atoms with van der Waals surface area (Å²) >= 11 is 0. The standard InChI is InChI=1S/C20H27N5O4/c1-5-24(6-2)19-21-17-16(18(27)22-20(28)23(17)4)25(19)11-14(26)12-29-15-10-8-7-9-13(15)3/h7-10,14,26H,5-6,11-12H2,1-4H3,(H,22,27,28)/t14-/m1/s1. The molecule has 2 heterocycles. The van der Waals surface area contributed by atoms with Gasteiger partial charge in [-0.05, 0) is 32.4 Å². The molecule has 1 atom stereocenters. The number of hydrogen-bond donors (Lipinski definition) is 2. The molecule has 0 amide bonds. The molecule has 0 aliphatic rings. The number of imidazole rings is 1. The van der Waals surface area contributed by atoms with Crippen molar-refractivity contribution in [2.75, 3.05) is 24.6 Å². The molecule has 3 rings (SSSR count). The normalized spacial score (nSPS) is 12.3. The van der Waals surface area contributed by atoms with E-state index in [1.54, 1.807) is 11.6 Å². The van der Waals surface area contributed by atoms with Gasteiger partial charge in [0.2, 0.25) is 5.95 Å². The number of aromatic nitrogens is 4. The van der Waals surface area contributed by atoms with Gasteiger partial charge in [0, 0.05) is 20.1 Å². The SMILES string of the molecule is CCN(CC)c1nc2c(c(=O)[nH]c(=O)n2C)n1C[C@@H](O)COc1ccccc1C. The number of nitrogens with one attached hydrogen (secondary N) is 1. The van der Waals surface area contributed by atoms with E-state index in [0.29, 0.717) is 24.8 Å². The van der Waals surface area contributed by atoms with Crippen LogP contribution in [0, 0.1) is 6.92 Å². The van der Waals surface area contributed by atoms with E-state index in [1.807, 2.05) is 49.9 Å². The summed E-state index contributed by atoms with van der Waals surface area (Å²) in [5.41, 5.74) is 0.461. The van der Waals surface area contributed by atoms with Crippen LogP contribution in [0.5, 0.6) is 5.75 Å². The number of ether oxygens (including phenoxy) is 1. The first kappa shape index (κ1) is 20.7. The van der Waals surface area contributed by atoms with Crippen LogP contribution < -0.4 is 20.9 Å². The first-order valence-corrected chi connectivity index (χ1v) is 9.68. The van der Waals surface area contributed by atoms with E-state index < -0.39 is 17.4 Å². The number of aliphatic hydroxyl groups is 1. The van der Waals surface area contributed by atoms with Crippen molar-refractivity contribution in [3.63, 3.8) is 0 Å². The maximum atomic E-state index is 12.5. The fraction of sp³-hybridized carbons (Fsp3) is 0.450. The summed E-state index contributed by atoms with van der Waals surface area (Å²) in [4.78, 5) is 33.3. The lowest BCUT2D eigenvalue weighted by Gasteiger charge is -2.22. The summed E-state index contributed by atoms with van der Waals surface area (Å²) in [7, 11) is 1.56. The Balaban J connectivity index is 1.97. The average molecular weight is 401 g/mol. The zero-order valence-electron chi connectivity index (χ0n) is 17.2. The zero-order valence-corrected chi connectivity index (χ0v) is 17.2. The van der Waals surface area contributed by atoms with Crippen LogP contribution in [0.15, 0.2) is 33.9 Å². The molecule has 0 spiro atoms. The number of rotatable bonds is 8. The molecular weight excluding hydrogens is 374 g/mol. The minimum Gasteiger partial charge on any atom is -0.491 e. The fourth-order valence-corrected chi connectivity index (χ4v) is 3.31. The van der Waals surface area contributed by atoms with Crippen LogP contribution in [0.1, 0.15) is 19.4 Å². The van der Waals surface area contributed by atoms with Gasteiger partial charge >= 0.3 is 5.69 Å². The van der Waals surface area contributed by atoms with E-state index in [9.17, 15) is 14.7 Å². The van der Waals surface area contributed by atoms with Crippen LogP contribution in [0.4, 0.5) is 5.95 Å². The topological polar surface area (TPSA) is 105 Å². The Labute approximate surface area is 168 Å². The third-order valence-corrected chi connectivity index (χ3v) is 4.95. The Morgan fingerprint density at radius 3 is 2.59 bits per heavy atom. The third kappa shape index (κ3) is 4.04. The number of aryl methyl sites for hydroxylation is 2. The van der Waals surface area contributed by atoms with Crippen molar-refractivity contribution in [2.24, 2.45) is 7.05 Å². The van der Waals surface area contributed by atoms with Gasteiger partial charge in [-0.3, -0.25) is 14.3 Å². The van der Waals surface area contributed by atoms with Gasteiger partial charge in [-0.25, -0.2) is 4.79 Å². The number of anilines is 1. The van der Waals surface area contributed by atoms with E-state index in [0.717, 1.165) is 5.56 Å². The summed E-state index contributed by atoms with van der Waals surface area (Å²) < 4.78 is 8.71. The molecule has 1 aromatic carbocycles. The Kier molecular flexibility index (Phi) is 6.07. The summed E-state index contributed by atoms with van der Waals surface area (Å²) in [6.07, 6.45) is -0.877. The fourth-order valence-electron chi connectivity index (χ4n) is 3.31. The first-order valence-electron chi connectivity index (χ1n) is 9.68. The summed E-state index contributed by atoms with van der Waals surface area (Å²) in [6, 6.07) is 7.57. The molecule has 0 fully saturated rings. The number of fused-ring (bicyclic) bond motifs is 1. The highest BCUT2D eigenvalue weighted by Crippen LogP contribution is 2.21. The minimum atomic E-state index is -0.877.